The van der Waals surface area contributed by atoms with Crippen molar-refractivity contribution in [1.82, 2.24) is 4.90 Å². The van der Waals surface area contributed by atoms with Crippen LogP contribution >= 0.6 is 0 Å². The predicted octanol–water partition coefficient (Wildman–Crippen LogP) is 3.69. The molecule has 144 valence electrons. The minimum absolute atomic E-state index is 0.0455. The van der Waals surface area contributed by atoms with Gasteiger partial charge >= 0.3 is 0 Å². The standard InChI is InChI=1S/C21H27N3O2S/c1-27(25,26)17-19-11-7-6-10-18(19)16-22-21(24-14-8-3-9-15-24)23-20-12-4-2-5-13-20/h2,4-7,10-13H,3,8-9,14-17H2,1H3,(H,22,23). The van der Waals surface area contributed by atoms with Gasteiger partial charge in [0.1, 0.15) is 0 Å². The number of hydrogen-bond donors (Lipinski definition) is 1. The molecule has 3 rings (SSSR count). The first-order chi connectivity index (χ1) is 13.0. The van der Waals surface area contributed by atoms with Crippen LogP contribution < -0.4 is 5.32 Å². The van der Waals surface area contributed by atoms with Crippen LogP contribution in [-0.2, 0) is 22.1 Å². The van der Waals surface area contributed by atoms with Gasteiger partial charge in [0.15, 0.2) is 15.8 Å². The van der Waals surface area contributed by atoms with Crippen LogP contribution in [0.3, 0.4) is 0 Å². The van der Waals surface area contributed by atoms with E-state index in [1.165, 1.54) is 25.5 Å². The van der Waals surface area contributed by atoms with Crippen molar-refractivity contribution < 1.29 is 8.42 Å². The molecule has 2 aromatic rings. The number of benzene rings is 2. The first-order valence-electron chi connectivity index (χ1n) is 9.37. The molecule has 5 nitrogen and oxygen atoms in total. The summed E-state index contributed by atoms with van der Waals surface area (Å²) in [6.07, 6.45) is 4.86. The molecule has 1 aliphatic heterocycles. The Bertz CT molecular complexity index is 873. The molecule has 0 aliphatic carbocycles. The van der Waals surface area contributed by atoms with Gasteiger partial charge in [0.2, 0.25) is 0 Å². The van der Waals surface area contributed by atoms with E-state index in [4.69, 9.17) is 4.99 Å². The zero-order chi connectivity index (χ0) is 19.1. The SMILES string of the molecule is CS(=O)(=O)Cc1ccccc1CN=C(Nc1ccccc1)N1CCCCC1. The molecule has 2 aromatic carbocycles. The molecule has 1 N–H and O–H groups in total. The summed E-state index contributed by atoms with van der Waals surface area (Å²) in [6.45, 7) is 2.44. The first-order valence-corrected chi connectivity index (χ1v) is 11.4. The lowest BCUT2D eigenvalue weighted by Gasteiger charge is -2.30. The van der Waals surface area contributed by atoms with Gasteiger partial charge in [-0.3, -0.25) is 0 Å². The van der Waals surface area contributed by atoms with Gasteiger partial charge in [-0.2, -0.15) is 0 Å². The molecule has 1 aliphatic rings. The molecule has 1 heterocycles. The Morgan fingerprint density at radius 2 is 1.59 bits per heavy atom. The van der Waals surface area contributed by atoms with Crippen LogP contribution in [0.4, 0.5) is 5.69 Å². The normalized spacial score (nSPS) is 15.6. The Balaban J connectivity index is 1.83. The van der Waals surface area contributed by atoms with Crippen molar-refractivity contribution in [2.24, 2.45) is 4.99 Å². The summed E-state index contributed by atoms with van der Waals surface area (Å²) < 4.78 is 23.4. The zero-order valence-electron chi connectivity index (χ0n) is 15.8. The molecule has 1 fully saturated rings. The molecule has 0 atom stereocenters. The molecule has 0 radical (unpaired) electrons. The van der Waals surface area contributed by atoms with Crippen LogP contribution in [0.2, 0.25) is 0 Å². The molecule has 0 saturated carbocycles. The molecule has 0 unspecified atom stereocenters. The van der Waals surface area contributed by atoms with Crippen molar-refractivity contribution in [3.63, 3.8) is 0 Å². The number of rotatable bonds is 5. The Morgan fingerprint density at radius 3 is 2.26 bits per heavy atom. The highest BCUT2D eigenvalue weighted by molar-refractivity contribution is 7.89. The van der Waals surface area contributed by atoms with Gasteiger partial charge in [-0.1, -0.05) is 42.5 Å². The van der Waals surface area contributed by atoms with Crippen molar-refractivity contribution in [3.05, 3.63) is 65.7 Å². The van der Waals surface area contributed by atoms with E-state index < -0.39 is 9.84 Å². The fourth-order valence-corrected chi connectivity index (χ4v) is 4.12. The number of aliphatic imine (C=N–C) groups is 1. The number of sulfone groups is 1. The van der Waals surface area contributed by atoms with Crippen LogP contribution in [0, 0.1) is 0 Å². The fraction of sp³-hybridized carbons (Fsp3) is 0.381. The van der Waals surface area contributed by atoms with Crippen molar-refractivity contribution in [2.45, 2.75) is 31.6 Å². The fourth-order valence-electron chi connectivity index (χ4n) is 3.27. The Labute approximate surface area is 162 Å². The highest BCUT2D eigenvalue weighted by Gasteiger charge is 2.16. The van der Waals surface area contributed by atoms with Crippen LogP contribution in [-0.4, -0.2) is 38.6 Å². The minimum atomic E-state index is -3.08. The maximum atomic E-state index is 11.7. The Hall–Kier alpha value is -2.34. The molecule has 27 heavy (non-hydrogen) atoms. The van der Waals surface area contributed by atoms with Crippen LogP contribution in [0.5, 0.6) is 0 Å². The number of nitrogens with zero attached hydrogens (tertiary/aromatic N) is 2. The smallest absolute Gasteiger partial charge is 0.198 e. The van der Waals surface area contributed by atoms with Crippen molar-refractivity contribution in [2.75, 3.05) is 24.7 Å². The maximum absolute atomic E-state index is 11.7. The average molecular weight is 386 g/mol. The molecule has 0 aromatic heterocycles. The van der Waals surface area contributed by atoms with Crippen molar-refractivity contribution >= 4 is 21.5 Å². The molecule has 6 heteroatoms. The van der Waals surface area contributed by atoms with Gasteiger partial charge in [-0.15, -0.1) is 0 Å². The number of likely N-dealkylation sites (tertiary alicyclic amines) is 1. The van der Waals surface area contributed by atoms with E-state index in [1.807, 2.05) is 54.6 Å². The molecule has 1 saturated heterocycles. The van der Waals surface area contributed by atoms with Crippen LogP contribution in [0.25, 0.3) is 0 Å². The molecule has 0 spiro atoms. The quantitative estimate of drug-likeness (QED) is 0.630. The summed E-state index contributed by atoms with van der Waals surface area (Å²) >= 11 is 0. The number of para-hydroxylation sites is 1. The Morgan fingerprint density at radius 1 is 0.963 bits per heavy atom. The van der Waals surface area contributed by atoms with E-state index in [0.29, 0.717) is 6.54 Å². The van der Waals surface area contributed by atoms with E-state index in [0.717, 1.165) is 35.9 Å². The average Bonchev–Trinajstić information content (AvgIpc) is 2.66. The number of anilines is 1. The van der Waals surface area contributed by atoms with E-state index in [9.17, 15) is 8.42 Å². The topological polar surface area (TPSA) is 61.8 Å². The van der Waals surface area contributed by atoms with E-state index in [1.54, 1.807) is 0 Å². The van der Waals surface area contributed by atoms with E-state index >= 15 is 0 Å². The molecule has 0 amide bonds. The number of nitrogens with one attached hydrogen (secondary N) is 1. The third-order valence-electron chi connectivity index (χ3n) is 4.62. The van der Waals surface area contributed by atoms with Gasteiger partial charge in [0, 0.05) is 25.0 Å². The lowest BCUT2D eigenvalue weighted by atomic mass is 10.1. The third kappa shape index (κ3) is 6.10. The number of hydrogen-bond acceptors (Lipinski definition) is 3. The van der Waals surface area contributed by atoms with Gasteiger partial charge in [-0.05, 0) is 42.5 Å². The summed E-state index contributed by atoms with van der Waals surface area (Å²) in [4.78, 5) is 7.13. The monoisotopic (exact) mass is 385 g/mol. The summed E-state index contributed by atoms with van der Waals surface area (Å²) in [5, 5.41) is 3.44. The highest BCUT2D eigenvalue weighted by Crippen LogP contribution is 2.16. The maximum Gasteiger partial charge on any atom is 0.198 e. The Kier molecular flexibility index (Phi) is 6.50. The summed E-state index contributed by atoms with van der Waals surface area (Å²) in [7, 11) is -3.08. The van der Waals surface area contributed by atoms with Gasteiger partial charge in [0.05, 0.1) is 12.3 Å². The number of piperidine rings is 1. The summed E-state index contributed by atoms with van der Waals surface area (Å²) in [5.74, 6) is 0.902. The lowest BCUT2D eigenvalue weighted by Crippen LogP contribution is -2.40. The second-order valence-electron chi connectivity index (χ2n) is 7.02. The second-order valence-corrected chi connectivity index (χ2v) is 9.16. The van der Waals surface area contributed by atoms with Crippen molar-refractivity contribution in [3.8, 4) is 0 Å². The van der Waals surface area contributed by atoms with Gasteiger partial charge in [0.25, 0.3) is 0 Å². The third-order valence-corrected chi connectivity index (χ3v) is 5.46. The lowest BCUT2D eigenvalue weighted by molar-refractivity contribution is 0.340. The van der Waals surface area contributed by atoms with Crippen molar-refractivity contribution in [1.29, 1.82) is 0 Å². The van der Waals surface area contributed by atoms with Crippen LogP contribution in [0.15, 0.2) is 59.6 Å². The van der Waals surface area contributed by atoms with Crippen LogP contribution in [0.1, 0.15) is 30.4 Å². The highest BCUT2D eigenvalue weighted by atomic mass is 32.2. The van der Waals surface area contributed by atoms with E-state index in [2.05, 4.69) is 10.2 Å². The largest absolute Gasteiger partial charge is 0.343 e. The zero-order valence-corrected chi connectivity index (χ0v) is 16.6. The van der Waals surface area contributed by atoms with Gasteiger partial charge < -0.3 is 10.2 Å². The molecular formula is C21H27N3O2S. The predicted molar refractivity (Wildman–Crippen MR) is 112 cm³/mol. The molecular weight excluding hydrogens is 358 g/mol. The van der Waals surface area contributed by atoms with E-state index in [-0.39, 0.29) is 5.75 Å². The summed E-state index contributed by atoms with van der Waals surface area (Å²) in [5.41, 5.74) is 2.78. The first kappa shape index (κ1) is 19.4. The van der Waals surface area contributed by atoms with Gasteiger partial charge in [-0.25, -0.2) is 13.4 Å². The summed E-state index contributed by atoms with van der Waals surface area (Å²) in [6, 6.07) is 17.7. The number of guanidine groups is 1. The second kappa shape index (κ2) is 9.04. The minimum Gasteiger partial charge on any atom is -0.343 e. The molecule has 0 bridgehead atoms.